The molecule has 2 aliphatic heterocycles. The van der Waals surface area contributed by atoms with Gasteiger partial charge in [-0.1, -0.05) is 6.07 Å². The second-order valence-corrected chi connectivity index (χ2v) is 7.35. The molecule has 7 heteroatoms. The van der Waals surface area contributed by atoms with Gasteiger partial charge in [-0.25, -0.2) is 9.18 Å². The Morgan fingerprint density at radius 1 is 1.37 bits per heavy atom. The molecule has 2 fully saturated rings. The number of nitrogens with one attached hydrogen (secondary N) is 1. The van der Waals surface area contributed by atoms with Gasteiger partial charge in [-0.3, -0.25) is 4.79 Å². The van der Waals surface area contributed by atoms with E-state index in [0.29, 0.717) is 37.0 Å². The van der Waals surface area contributed by atoms with Crippen LogP contribution in [0, 0.1) is 12.7 Å². The number of hydrogen-bond donors (Lipinski definition) is 1. The fraction of sp³-hybridized carbons (Fsp3) is 0.600. The third-order valence-electron chi connectivity index (χ3n) is 5.61. The minimum Gasteiger partial charge on any atom is -0.450 e. The Bertz CT molecular complexity index is 670. The van der Waals surface area contributed by atoms with Gasteiger partial charge in [0.05, 0.1) is 6.61 Å². The largest absolute Gasteiger partial charge is 0.450 e. The highest BCUT2D eigenvalue weighted by Gasteiger charge is 2.43. The maximum absolute atomic E-state index is 13.7. The predicted octanol–water partition coefficient (Wildman–Crippen LogP) is 2.84. The summed E-state index contributed by atoms with van der Waals surface area (Å²) in [6.45, 7) is 5.02. The fourth-order valence-corrected chi connectivity index (χ4v) is 4.23. The fourth-order valence-electron chi connectivity index (χ4n) is 4.23. The smallest absolute Gasteiger partial charge is 0.410 e. The van der Waals surface area contributed by atoms with Crippen LogP contribution in [0.2, 0.25) is 0 Å². The lowest BCUT2D eigenvalue weighted by molar-refractivity contribution is -0.107. The molecule has 0 spiro atoms. The van der Waals surface area contributed by atoms with E-state index in [1.807, 2.05) is 11.8 Å². The van der Waals surface area contributed by atoms with Gasteiger partial charge in [0, 0.05) is 36.9 Å². The molecule has 2 heterocycles. The first-order valence-corrected chi connectivity index (χ1v) is 9.70. The summed E-state index contributed by atoms with van der Waals surface area (Å²) in [4.78, 5) is 26.9. The number of rotatable bonds is 7. The molecule has 2 aliphatic rings. The number of hydrogen-bond acceptors (Lipinski definition) is 4. The number of fused-ring (bicyclic) bond motifs is 2. The van der Waals surface area contributed by atoms with Crippen molar-refractivity contribution >= 4 is 18.2 Å². The normalized spacial score (nSPS) is 24.0. The zero-order valence-corrected chi connectivity index (χ0v) is 16.0. The number of ether oxygens (including phenoxy) is 1. The van der Waals surface area contributed by atoms with E-state index < -0.39 is 0 Å². The first-order valence-electron chi connectivity index (χ1n) is 9.70. The summed E-state index contributed by atoms with van der Waals surface area (Å²) >= 11 is 0. The number of halogens is 1. The van der Waals surface area contributed by atoms with Gasteiger partial charge in [-0.15, -0.1) is 0 Å². The molecule has 27 heavy (non-hydrogen) atoms. The summed E-state index contributed by atoms with van der Waals surface area (Å²) in [5, 5.41) is 3.50. The van der Waals surface area contributed by atoms with Gasteiger partial charge in [0.15, 0.2) is 0 Å². The zero-order valence-electron chi connectivity index (χ0n) is 16.0. The molecule has 2 bridgehead atoms. The molecule has 1 aromatic rings. The van der Waals surface area contributed by atoms with Crippen LogP contribution in [-0.2, 0) is 9.53 Å². The van der Waals surface area contributed by atoms with Crippen molar-refractivity contribution in [1.29, 1.82) is 0 Å². The number of aryl methyl sites for hydroxylation is 1. The van der Waals surface area contributed by atoms with E-state index in [2.05, 4.69) is 5.32 Å². The van der Waals surface area contributed by atoms with Crippen molar-refractivity contribution < 1.29 is 18.7 Å². The molecule has 2 amide bonds. The van der Waals surface area contributed by atoms with Crippen LogP contribution in [0.3, 0.4) is 0 Å². The Morgan fingerprint density at radius 3 is 2.67 bits per heavy atom. The van der Waals surface area contributed by atoms with Gasteiger partial charge < -0.3 is 19.9 Å². The summed E-state index contributed by atoms with van der Waals surface area (Å²) in [6.07, 6.45) is 4.37. The first-order chi connectivity index (χ1) is 13.0. The Balaban J connectivity index is 1.50. The minimum atomic E-state index is -0.310. The molecule has 0 aliphatic carbocycles. The minimum absolute atomic E-state index is 0.197. The molecular weight excluding hydrogens is 349 g/mol. The molecule has 1 aromatic carbocycles. The molecule has 2 atom stereocenters. The van der Waals surface area contributed by atoms with Crippen LogP contribution in [0.4, 0.5) is 14.9 Å². The summed E-state index contributed by atoms with van der Waals surface area (Å²) in [6, 6.07) is 5.60. The maximum atomic E-state index is 13.7. The average Bonchev–Trinajstić information content (AvgIpc) is 2.92. The number of nitrogens with zero attached hydrogens (tertiary/aromatic N) is 2. The van der Waals surface area contributed by atoms with E-state index >= 15 is 0 Å². The summed E-state index contributed by atoms with van der Waals surface area (Å²) in [7, 11) is 0. The van der Waals surface area contributed by atoms with Crippen LogP contribution in [-0.4, -0.2) is 55.2 Å². The highest BCUT2D eigenvalue weighted by molar-refractivity contribution is 5.75. The zero-order chi connectivity index (χ0) is 19.4. The van der Waals surface area contributed by atoms with Gasteiger partial charge in [-0.05, 0) is 57.2 Å². The lowest BCUT2D eigenvalue weighted by Gasteiger charge is -2.38. The van der Waals surface area contributed by atoms with E-state index in [0.717, 1.165) is 32.1 Å². The maximum Gasteiger partial charge on any atom is 0.410 e. The van der Waals surface area contributed by atoms with Gasteiger partial charge in [0.2, 0.25) is 6.41 Å². The number of carbonyl (C=O) groups excluding carboxylic acids is 2. The topological polar surface area (TPSA) is 61.9 Å². The lowest BCUT2D eigenvalue weighted by Crippen LogP contribution is -2.52. The highest BCUT2D eigenvalue weighted by Crippen LogP contribution is 2.36. The highest BCUT2D eigenvalue weighted by atomic mass is 19.1. The number of piperidine rings is 1. The van der Waals surface area contributed by atoms with E-state index in [9.17, 15) is 14.0 Å². The van der Waals surface area contributed by atoms with Crippen LogP contribution in [0.1, 0.15) is 38.2 Å². The predicted molar refractivity (Wildman–Crippen MR) is 101 cm³/mol. The number of amides is 2. The summed E-state index contributed by atoms with van der Waals surface area (Å²) < 4.78 is 18.9. The third kappa shape index (κ3) is 4.40. The van der Waals surface area contributed by atoms with Gasteiger partial charge in [0.25, 0.3) is 0 Å². The monoisotopic (exact) mass is 377 g/mol. The van der Waals surface area contributed by atoms with Crippen molar-refractivity contribution in [3.05, 3.63) is 29.6 Å². The van der Waals surface area contributed by atoms with Crippen LogP contribution in [0.5, 0.6) is 0 Å². The Hall–Kier alpha value is -2.15. The summed E-state index contributed by atoms with van der Waals surface area (Å²) in [5.74, 6) is -0.310. The quantitative estimate of drug-likeness (QED) is 0.743. The Morgan fingerprint density at radius 2 is 2.07 bits per heavy atom. The second kappa shape index (κ2) is 8.69. The number of carbonyl (C=O) groups is 2. The van der Waals surface area contributed by atoms with E-state index in [4.69, 9.17) is 4.74 Å². The van der Waals surface area contributed by atoms with E-state index in [-0.39, 0.29) is 24.0 Å². The number of benzene rings is 1. The first kappa shape index (κ1) is 19.6. The van der Waals surface area contributed by atoms with E-state index in [1.165, 1.54) is 11.0 Å². The van der Waals surface area contributed by atoms with Crippen molar-refractivity contribution in [2.45, 2.75) is 57.7 Å². The van der Waals surface area contributed by atoms with Crippen LogP contribution in [0.25, 0.3) is 0 Å². The Kier molecular flexibility index (Phi) is 6.31. The Labute approximate surface area is 159 Å². The third-order valence-corrected chi connectivity index (χ3v) is 5.61. The van der Waals surface area contributed by atoms with Crippen molar-refractivity contribution in [2.75, 3.05) is 24.6 Å². The van der Waals surface area contributed by atoms with Crippen LogP contribution < -0.4 is 10.2 Å². The molecule has 0 aromatic heterocycles. The van der Waals surface area contributed by atoms with Crippen molar-refractivity contribution in [3.8, 4) is 0 Å². The molecule has 2 unspecified atom stereocenters. The van der Waals surface area contributed by atoms with Gasteiger partial charge >= 0.3 is 6.09 Å². The van der Waals surface area contributed by atoms with E-state index in [1.54, 1.807) is 19.1 Å². The molecular formula is C20H28FN3O3. The van der Waals surface area contributed by atoms with Crippen LogP contribution in [0.15, 0.2) is 18.2 Å². The van der Waals surface area contributed by atoms with Crippen molar-refractivity contribution in [2.24, 2.45) is 0 Å². The second-order valence-electron chi connectivity index (χ2n) is 7.35. The molecule has 0 saturated carbocycles. The molecule has 6 nitrogen and oxygen atoms in total. The standard InChI is InChI=1S/C20H28FN3O3/c1-3-27-20(26)24-17-6-7-18(24)11-15(10-17)22-8-9-23(13-25)16-5-4-14(2)19(21)12-16/h4-5,12-13,15,17-18,22H,3,6-11H2,1-2H3. The molecule has 1 N–H and O–H groups in total. The molecule has 2 saturated heterocycles. The van der Waals surface area contributed by atoms with Gasteiger partial charge in [-0.2, -0.15) is 0 Å². The van der Waals surface area contributed by atoms with Crippen LogP contribution >= 0.6 is 0 Å². The number of anilines is 1. The molecule has 148 valence electrons. The SMILES string of the molecule is CCOC(=O)N1C2CCC1CC(NCCN(C=O)c1ccc(C)c(F)c1)C2. The van der Waals surface area contributed by atoms with Crippen molar-refractivity contribution in [3.63, 3.8) is 0 Å². The summed E-state index contributed by atoms with van der Waals surface area (Å²) in [5.41, 5.74) is 1.12. The van der Waals surface area contributed by atoms with Crippen molar-refractivity contribution in [1.82, 2.24) is 10.2 Å². The molecule has 3 rings (SSSR count). The lowest BCUT2D eigenvalue weighted by atomic mass is 9.98. The molecule has 0 radical (unpaired) electrons. The average molecular weight is 377 g/mol. The van der Waals surface area contributed by atoms with Gasteiger partial charge in [0.1, 0.15) is 5.82 Å².